The zero-order chi connectivity index (χ0) is 8.55. The Labute approximate surface area is 67.0 Å². The molecule has 2 aromatic rings. The molecule has 12 heavy (non-hydrogen) atoms. The molecule has 2 rings (SSSR count). The van der Waals surface area contributed by atoms with Crippen molar-refractivity contribution in [1.82, 2.24) is 19.6 Å². The third kappa shape index (κ3) is 0.815. The first-order valence-corrected chi connectivity index (χ1v) is 3.22. The lowest BCUT2D eigenvalue weighted by Crippen LogP contribution is -2.13. The van der Waals surface area contributed by atoms with Crippen LogP contribution in [-0.2, 0) is 0 Å². The first-order valence-electron chi connectivity index (χ1n) is 3.22. The highest BCUT2D eigenvalue weighted by Crippen LogP contribution is 2.02. The maximum absolute atomic E-state index is 10.8. The Morgan fingerprint density at radius 3 is 3.17 bits per heavy atom. The standard InChI is InChI=1S/C6H5N5O/c7-5(12)4-1-8-3-11-6(4)9-2-10-11/h1-3H,(H2,7,12). The first-order chi connectivity index (χ1) is 5.79. The van der Waals surface area contributed by atoms with E-state index in [2.05, 4.69) is 15.1 Å². The number of carbonyl (C=O) groups is 1. The zero-order valence-corrected chi connectivity index (χ0v) is 6.01. The fourth-order valence-corrected chi connectivity index (χ4v) is 0.930. The predicted octanol–water partition coefficient (Wildman–Crippen LogP) is -0.777. The quantitative estimate of drug-likeness (QED) is 0.597. The monoisotopic (exact) mass is 163 g/mol. The molecule has 0 unspecified atom stereocenters. The van der Waals surface area contributed by atoms with Gasteiger partial charge in [0.25, 0.3) is 5.91 Å². The average Bonchev–Trinajstić information content (AvgIpc) is 2.49. The Bertz CT molecular complexity index is 434. The summed E-state index contributed by atoms with van der Waals surface area (Å²) in [4.78, 5) is 18.4. The summed E-state index contributed by atoms with van der Waals surface area (Å²) in [7, 11) is 0. The Morgan fingerprint density at radius 2 is 2.42 bits per heavy atom. The van der Waals surface area contributed by atoms with E-state index in [4.69, 9.17) is 5.73 Å². The minimum absolute atomic E-state index is 0.273. The van der Waals surface area contributed by atoms with Crippen molar-refractivity contribution < 1.29 is 4.79 Å². The van der Waals surface area contributed by atoms with Crippen molar-refractivity contribution >= 4 is 11.6 Å². The van der Waals surface area contributed by atoms with Crippen LogP contribution < -0.4 is 5.73 Å². The summed E-state index contributed by atoms with van der Waals surface area (Å²) < 4.78 is 1.39. The minimum Gasteiger partial charge on any atom is -0.365 e. The molecule has 1 amide bonds. The number of nitrogens with two attached hydrogens (primary N) is 1. The smallest absolute Gasteiger partial charge is 0.254 e. The molecule has 0 saturated carbocycles. The summed E-state index contributed by atoms with van der Waals surface area (Å²) in [6.45, 7) is 0. The molecule has 0 atom stereocenters. The third-order valence-corrected chi connectivity index (χ3v) is 1.46. The fourth-order valence-electron chi connectivity index (χ4n) is 0.930. The number of amides is 1. The molecule has 0 saturated heterocycles. The number of hydrogen-bond acceptors (Lipinski definition) is 4. The second kappa shape index (κ2) is 2.26. The largest absolute Gasteiger partial charge is 0.365 e. The second-order valence-corrected chi connectivity index (χ2v) is 2.20. The highest BCUT2D eigenvalue weighted by Gasteiger charge is 2.07. The molecule has 0 aromatic carbocycles. The Balaban J connectivity index is 2.82. The van der Waals surface area contributed by atoms with Crippen LogP contribution in [0.3, 0.4) is 0 Å². The van der Waals surface area contributed by atoms with E-state index in [1.54, 1.807) is 0 Å². The van der Waals surface area contributed by atoms with Crippen LogP contribution in [0.2, 0.25) is 0 Å². The van der Waals surface area contributed by atoms with Gasteiger partial charge in [0.1, 0.15) is 18.2 Å². The summed E-state index contributed by atoms with van der Waals surface area (Å²) in [5.41, 5.74) is 5.78. The normalized spacial score (nSPS) is 10.3. The van der Waals surface area contributed by atoms with Crippen LogP contribution in [0, 0.1) is 0 Å². The van der Waals surface area contributed by atoms with Gasteiger partial charge in [-0.1, -0.05) is 0 Å². The molecule has 0 radical (unpaired) electrons. The molecule has 0 fully saturated rings. The zero-order valence-electron chi connectivity index (χ0n) is 6.01. The SMILES string of the molecule is NC(=O)c1cncn2ncnc12. The molecule has 60 valence electrons. The third-order valence-electron chi connectivity index (χ3n) is 1.46. The number of nitrogens with zero attached hydrogens (tertiary/aromatic N) is 4. The van der Waals surface area contributed by atoms with Crippen LogP contribution in [0.4, 0.5) is 0 Å². The van der Waals surface area contributed by atoms with E-state index in [9.17, 15) is 4.79 Å². The van der Waals surface area contributed by atoms with Gasteiger partial charge < -0.3 is 5.73 Å². The van der Waals surface area contributed by atoms with E-state index in [-0.39, 0.29) is 5.56 Å². The lowest BCUT2D eigenvalue weighted by molar-refractivity contribution is 0.100. The Hall–Kier alpha value is -1.98. The Kier molecular flexibility index (Phi) is 1.26. The summed E-state index contributed by atoms with van der Waals surface area (Å²) >= 11 is 0. The van der Waals surface area contributed by atoms with Gasteiger partial charge in [0.05, 0.1) is 0 Å². The first kappa shape index (κ1) is 6.71. The lowest BCUT2D eigenvalue weighted by Gasteiger charge is -1.94. The topological polar surface area (TPSA) is 86.2 Å². The van der Waals surface area contributed by atoms with Crippen LogP contribution in [0.1, 0.15) is 10.4 Å². The van der Waals surface area contributed by atoms with E-state index in [1.807, 2.05) is 0 Å². The van der Waals surface area contributed by atoms with Gasteiger partial charge in [0.2, 0.25) is 0 Å². The molecule has 0 aliphatic heterocycles. The van der Waals surface area contributed by atoms with E-state index < -0.39 is 5.91 Å². The number of aromatic nitrogens is 4. The van der Waals surface area contributed by atoms with E-state index >= 15 is 0 Å². The van der Waals surface area contributed by atoms with Gasteiger partial charge in [-0.05, 0) is 0 Å². The molecular formula is C6H5N5O. The number of hydrogen-bond donors (Lipinski definition) is 1. The summed E-state index contributed by atoms with van der Waals surface area (Å²) in [5.74, 6) is -0.555. The summed E-state index contributed by atoms with van der Waals surface area (Å²) in [6.07, 6.45) is 4.16. The van der Waals surface area contributed by atoms with Crippen molar-refractivity contribution in [1.29, 1.82) is 0 Å². The molecule has 2 aromatic heterocycles. The molecule has 0 spiro atoms. The van der Waals surface area contributed by atoms with Gasteiger partial charge in [-0.3, -0.25) is 4.79 Å². The number of carbonyl (C=O) groups excluding carboxylic acids is 1. The van der Waals surface area contributed by atoms with Crippen LogP contribution >= 0.6 is 0 Å². The summed E-state index contributed by atoms with van der Waals surface area (Å²) in [5, 5.41) is 3.80. The number of rotatable bonds is 1. The van der Waals surface area contributed by atoms with E-state index in [1.165, 1.54) is 23.4 Å². The van der Waals surface area contributed by atoms with Crippen molar-refractivity contribution in [3.8, 4) is 0 Å². The molecule has 2 heterocycles. The van der Waals surface area contributed by atoms with Gasteiger partial charge in [-0.15, -0.1) is 0 Å². The van der Waals surface area contributed by atoms with E-state index in [0.29, 0.717) is 5.65 Å². The van der Waals surface area contributed by atoms with Crippen molar-refractivity contribution in [3.05, 3.63) is 24.4 Å². The summed E-state index contributed by atoms with van der Waals surface area (Å²) in [6, 6.07) is 0. The van der Waals surface area contributed by atoms with Gasteiger partial charge >= 0.3 is 0 Å². The van der Waals surface area contributed by atoms with Crippen molar-refractivity contribution in [2.45, 2.75) is 0 Å². The molecule has 0 aliphatic carbocycles. The van der Waals surface area contributed by atoms with E-state index in [0.717, 1.165) is 0 Å². The van der Waals surface area contributed by atoms with Crippen molar-refractivity contribution in [2.75, 3.05) is 0 Å². The molecular weight excluding hydrogens is 158 g/mol. The highest BCUT2D eigenvalue weighted by atomic mass is 16.1. The molecule has 6 heteroatoms. The lowest BCUT2D eigenvalue weighted by atomic mass is 10.3. The number of fused-ring (bicyclic) bond motifs is 1. The molecule has 0 aliphatic rings. The maximum Gasteiger partial charge on any atom is 0.254 e. The van der Waals surface area contributed by atoms with Gasteiger partial charge in [0.15, 0.2) is 5.65 Å². The average molecular weight is 163 g/mol. The maximum atomic E-state index is 10.8. The Morgan fingerprint density at radius 1 is 1.58 bits per heavy atom. The van der Waals surface area contributed by atoms with Gasteiger partial charge in [0, 0.05) is 6.20 Å². The highest BCUT2D eigenvalue weighted by molar-refractivity contribution is 5.98. The van der Waals surface area contributed by atoms with Gasteiger partial charge in [-0.25, -0.2) is 14.5 Å². The van der Waals surface area contributed by atoms with Crippen LogP contribution in [-0.4, -0.2) is 25.5 Å². The van der Waals surface area contributed by atoms with Crippen molar-refractivity contribution in [2.24, 2.45) is 5.73 Å². The van der Waals surface area contributed by atoms with Crippen LogP contribution in [0.15, 0.2) is 18.9 Å². The van der Waals surface area contributed by atoms with Crippen molar-refractivity contribution in [3.63, 3.8) is 0 Å². The predicted molar refractivity (Wildman–Crippen MR) is 39.3 cm³/mol. The minimum atomic E-state index is -0.555. The molecule has 0 bridgehead atoms. The van der Waals surface area contributed by atoms with Crippen LogP contribution in [0.5, 0.6) is 0 Å². The number of primary amides is 1. The molecule has 6 nitrogen and oxygen atoms in total. The fraction of sp³-hybridized carbons (Fsp3) is 0. The van der Waals surface area contributed by atoms with Crippen LogP contribution in [0.25, 0.3) is 5.65 Å². The molecule has 2 N–H and O–H groups in total. The van der Waals surface area contributed by atoms with Gasteiger partial charge in [-0.2, -0.15) is 5.10 Å². The second-order valence-electron chi connectivity index (χ2n) is 2.20.